The quantitative estimate of drug-likeness (QED) is 0.476. The van der Waals surface area contributed by atoms with Gasteiger partial charge in [-0.15, -0.1) is 0 Å². The molecule has 0 radical (unpaired) electrons. The first-order valence-electron chi connectivity index (χ1n) is 9.55. The third kappa shape index (κ3) is 3.29. The molecule has 1 aliphatic rings. The second-order valence-electron chi connectivity index (χ2n) is 6.99. The van der Waals surface area contributed by atoms with Gasteiger partial charge < -0.3 is 14.5 Å². The number of fused-ring (bicyclic) bond motifs is 3. The van der Waals surface area contributed by atoms with Crippen LogP contribution in [0.25, 0.3) is 22.5 Å². The largest absolute Gasteiger partial charge is 0.464 e. The zero-order valence-corrected chi connectivity index (χ0v) is 15.7. The SMILES string of the molecule is O=C(NCc1ccc(-c2ccco2)cc1)OC1c2ccccc2-c2ccccc21. The van der Waals surface area contributed by atoms with Crippen LogP contribution < -0.4 is 5.32 Å². The van der Waals surface area contributed by atoms with Crippen molar-refractivity contribution in [1.82, 2.24) is 5.32 Å². The van der Waals surface area contributed by atoms with Gasteiger partial charge in [0.05, 0.1) is 6.26 Å². The Morgan fingerprint density at radius 1 is 0.828 bits per heavy atom. The van der Waals surface area contributed by atoms with Crippen molar-refractivity contribution in [2.24, 2.45) is 0 Å². The molecule has 0 bridgehead atoms. The Labute approximate surface area is 168 Å². The van der Waals surface area contributed by atoms with Crippen LogP contribution in [0.2, 0.25) is 0 Å². The molecular formula is C25H19NO3. The van der Waals surface area contributed by atoms with E-state index in [2.05, 4.69) is 17.4 Å². The molecule has 1 amide bonds. The fourth-order valence-electron chi connectivity index (χ4n) is 3.79. The maximum atomic E-state index is 12.5. The van der Waals surface area contributed by atoms with Crippen molar-refractivity contribution in [3.05, 3.63) is 108 Å². The van der Waals surface area contributed by atoms with Crippen LogP contribution >= 0.6 is 0 Å². The van der Waals surface area contributed by atoms with E-state index in [1.807, 2.05) is 72.8 Å². The number of carbonyl (C=O) groups is 1. The van der Waals surface area contributed by atoms with E-state index in [9.17, 15) is 4.79 Å². The highest BCUT2D eigenvalue weighted by Crippen LogP contribution is 2.44. The molecule has 1 heterocycles. The molecule has 4 aromatic rings. The molecule has 142 valence electrons. The zero-order valence-electron chi connectivity index (χ0n) is 15.7. The number of carbonyl (C=O) groups excluding carboxylic acids is 1. The predicted molar refractivity (Wildman–Crippen MR) is 111 cm³/mol. The number of alkyl carbamates (subject to hydrolysis) is 1. The predicted octanol–water partition coefficient (Wildman–Crippen LogP) is 5.94. The van der Waals surface area contributed by atoms with Gasteiger partial charge in [-0.3, -0.25) is 0 Å². The number of amides is 1. The molecule has 0 saturated heterocycles. The molecule has 29 heavy (non-hydrogen) atoms. The number of rotatable bonds is 4. The maximum absolute atomic E-state index is 12.5. The number of hydrogen-bond donors (Lipinski definition) is 1. The molecule has 4 heteroatoms. The topological polar surface area (TPSA) is 51.5 Å². The van der Waals surface area contributed by atoms with Crippen molar-refractivity contribution >= 4 is 6.09 Å². The summed E-state index contributed by atoms with van der Waals surface area (Å²) in [5.41, 5.74) is 6.27. The van der Waals surface area contributed by atoms with Gasteiger partial charge >= 0.3 is 6.09 Å². The minimum Gasteiger partial charge on any atom is -0.464 e. The summed E-state index contributed by atoms with van der Waals surface area (Å²) in [6, 6.07) is 27.8. The normalized spacial score (nSPS) is 12.3. The van der Waals surface area contributed by atoms with Crippen molar-refractivity contribution in [2.45, 2.75) is 12.6 Å². The van der Waals surface area contributed by atoms with Gasteiger partial charge in [0.25, 0.3) is 0 Å². The molecule has 3 aromatic carbocycles. The Hall–Kier alpha value is -3.79. The first kappa shape index (κ1) is 17.3. The number of furan rings is 1. The summed E-state index contributed by atoms with van der Waals surface area (Å²) >= 11 is 0. The monoisotopic (exact) mass is 381 g/mol. The van der Waals surface area contributed by atoms with E-state index in [1.54, 1.807) is 6.26 Å². The molecule has 4 nitrogen and oxygen atoms in total. The summed E-state index contributed by atoms with van der Waals surface area (Å²) in [5.74, 6) is 0.822. The number of benzene rings is 3. The third-order valence-electron chi connectivity index (χ3n) is 5.20. The molecule has 1 N–H and O–H groups in total. The second-order valence-corrected chi connectivity index (χ2v) is 6.99. The molecule has 0 atom stereocenters. The van der Waals surface area contributed by atoms with Crippen molar-refractivity contribution in [1.29, 1.82) is 0 Å². The molecule has 1 aliphatic carbocycles. The second kappa shape index (κ2) is 7.32. The lowest BCUT2D eigenvalue weighted by Crippen LogP contribution is -2.25. The maximum Gasteiger partial charge on any atom is 0.408 e. The number of ether oxygens (including phenoxy) is 1. The Morgan fingerprint density at radius 2 is 1.48 bits per heavy atom. The first-order chi connectivity index (χ1) is 14.3. The Morgan fingerprint density at radius 3 is 2.10 bits per heavy atom. The van der Waals surface area contributed by atoms with Crippen LogP contribution in [0.3, 0.4) is 0 Å². The summed E-state index contributed by atoms with van der Waals surface area (Å²) in [5, 5.41) is 2.86. The zero-order chi connectivity index (χ0) is 19.6. The van der Waals surface area contributed by atoms with Crippen LogP contribution in [-0.4, -0.2) is 6.09 Å². The molecular weight excluding hydrogens is 362 g/mol. The summed E-state index contributed by atoms with van der Waals surface area (Å²) in [6.45, 7) is 0.396. The summed E-state index contributed by atoms with van der Waals surface area (Å²) in [6.07, 6.45) is 0.834. The minimum absolute atomic E-state index is 0.385. The standard InChI is InChI=1S/C25H19NO3/c27-25(26-16-17-11-13-18(14-12-17)23-10-5-15-28-23)29-24-21-8-3-1-6-19(21)20-7-2-4-9-22(20)24/h1-15,24H,16H2,(H,26,27). The third-order valence-corrected chi connectivity index (χ3v) is 5.20. The molecule has 0 fully saturated rings. The van der Waals surface area contributed by atoms with E-state index in [-0.39, 0.29) is 6.10 Å². The highest BCUT2D eigenvalue weighted by atomic mass is 16.6. The van der Waals surface area contributed by atoms with Gasteiger partial charge in [-0.2, -0.15) is 0 Å². The summed E-state index contributed by atoms with van der Waals surface area (Å²) in [4.78, 5) is 12.5. The van der Waals surface area contributed by atoms with Crippen LogP contribution in [0, 0.1) is 0 Å². The molecule has 0 aliphatic heterocycles. The molecule has 0 unspecified atom stereocenters. The molecule has 0 saturated carbocycles. The van der Waals surface area contributed by atoms with Crippen molar-refractivity contribution in [3.63, 3.8) is 0 Å². The van der Waals surface area contributed by atoms with Gasteiger partial charge in [0.2, 0.25) is 0 Å². The average Bonchev–Trinajstić information content (AvgIpc) is 3.41. The van der Waals surface area contributed by atoms with Crippen LogP contribution in [0.1, 0.15) is 22.8 Å². The van der Waals surface area contributed by atoms with Crippen LogP contribution in [0.5, 0.6) is 0 Å². The summed E-state index contributed by atoms with van der Waals surface area (Å²) < 4.78 is 11.2. The van der Waals surface area contributed by atoms with Crippen molar-refractivity contribution in [3.8, 4) is 22.5 Å². The van der Waals surface area contributed by atoms with Gasteiger partial charge in [-0.1, -0.05) is 72.8 Å². The first-order valence-corrected chi connectivity index (χ1v) is 9.55. The van der Waals surface area contributed by atoms with Gasteiger partial charge in [0.1, 0.15) is 5.76 Å². The molecule has 1 aromatic heterocycles. The van der Waals surface area contributed by atoms with Gasteiger partial charge in [0, 0.05) is 23.2 Å². The summed E-state index contributed by atoms with van der Waals surface area (Å²) in [7, 11) is 0. The molecule has 5 rings (SSSR count). The van der Waals surface area contributed by atoms with E-state index >= 15 is 0 Å². The Kier molecular flexibility index (Phi) is 4.37. The van der Waals surface area contributed by atoms with E-state index in [0.29, 0.717) is 6.54 Å². The highest BCUT2D eigenvalue weighted by Gasteiger charge is 2.30. The van der Waals surface area contributed by atoms with Gasteiger partial charge in [-0.05, 0) is 28.8 Å². The van der Waals surface area contributed by atoms with Crippen LogP contribution in [0.4, 0.5) is 4.79 Å². The Balaban J connectivity index is 1.27. The fourth-order valence-corrected chi connectivity index (χ4v) is 3.79. The lowest BCUT2D eigenvalue weighted by Gasteiger charge is -2.15. The lowest BCUT2D eigenvalue weighted by molar-refractivity contribution is 0.118. The van der Waals surface area contributed by atoms with E-state index in [0.717, 1.165) is 39.1 Å². The smallest absolute Gasteiger partial charge is 0.408 e. The average molecular weight is 381 g/mol. The Bertz CT molecular complexity index is 1100. The van der Waals surface area contributed by atoms with Gasteiger partial charge in [-0.25, -0.2) is 4.79 Å². The van der Waals surface area contributed by atoms with Crippen LogP contribution in [0.15, 0.2) is 95.6 Å². The van der Waals surface area contributed by atoms with Crippen molar-refractivity contribution < 1.29 is 13.9 Å². The van der Waals surface area contributed by atoms with E-state index < -0.39 is 6.09 Å². The van der Waals surface area contributed by atoms with Crippen molar-refractivity contribution in [2.75, 3.05) is 0 Å². The van der Waals surface area contributed by atoms with Gasteiger partial charge in [0.15, 0.2) is 6.10 Å². The lowest BCUT2D eigenvalue weighted by atomic mass is 10.1. The highest BCUT2D eigenvalue weighted by molar-refractivity contribution is 5.79. The van der Waals surface area contributed by atoms with Crippen LogP contribution in [-0.2, 0) is 11.3 Å². The fraction of sp³-hybridized carbons (Fsp3) is 0.0800. The molecule has 0 spiro atoms. The number of hydrogen-bond acceptors (Lipinski definition) is 3. The van der Waals surface area contributed by atoms with E-state index in [1.165, 1.54) is 0 Å². The minimum atomic E-state index is -0.434. The number of nitrogens with one attached hydrogen (secondary N) is 1. The van der Waals surface area contributed by atoms with E-state index in [4.69, 9.17) is 9.15 Å².